The summed E-state index contributed by atoms with van der Waals surface area (Å²) in [6.07, 6.45) is 4.53. The average Bonchev–Trinajstić information content (AvgIpc) is 2.90. The molecule has 0 bridgehead atoms. The van der Waals surface area contributed by atoms with Gasteiger partial charge in [-0.05, 0) is 26.3 Å². The standard InChI is InChI=1S/C14H25N3O2S/c1-4-6-13-12(9-15-5-2)10-16-17(13)14(3)7-8-20(18,19)11-14/h10,15H,4-9,11H2,1-3H3. The third kappa shape index (κ3) is 3.06. The largest absolute Gasteiger partial charge is 0.313 e. The van der Waals surface area contributed by atoms with Crippen molar-refractivity contribution in [3.8, 4) is 0 Å². The van der Waals surface area contributed by atoms with Gasteiger partial charge in [-0.1, -0.05) is 20.3 Å². The lowest BCUT2D eigenvalue weighted by Crippen LogP contribution is -2.34. The Morgan fingerprint density at radius 3 is 2.75 bits per heavy atom. The van der Waals surface area contributed by atoms with Crippen LogP contribution in [-0.2, 0) is 28.3 Å². The molecule has 2 heterocycles. The van der Waals surface area contributed by atoms with E-state index in [-0.39, 0.29) is 17.0 Å². The lowest BCUT2D eigenvalue weighted by atomic mass is 10.0. The zero-order chi connectivity index (χ0) is 14.8. The molecule has 1 aromatic rings. The van der Waals surface area contributed by atoms with Crippen LogP contribution in [0.2, 0.25) is 0 Å². The molecule has 5 nitrogen and oxygen atoms in total. The Labute approximate surface area is 121 Å². The van der Waals surface area contributed by atoms with Crippen LogP contribution in [0.5, 0.6) is 0 Å². The van der Waals surface area contributed by atoms with Crippen molar-refractivity contribution in [1.82, 2.24) is 15.1 Å². The molecule has 1 N–H and O–H groups in total. The van der Waals surface area contributed by atoms with E-state index in [2.05, 4.69) is 24.3 Å². The van der Waals surface area contributed by atoms with Gasteiger partial charge in [-0.2, -0.15) is 5.10 Å². The Balaban J connectivity index is 2.34. The van der Waals surface area contributed by atoms with Gasteiger partial charge in [-0.15, -0.1) is 0 Å². The highest BCUT2D eigenvalue weighted by atomic mass is 32.2. The summed E-state index contributed by atoms with van der Waals surface area (Å²) in [5.74, 6) is 0.483. The molecule has 0 saturated carbocycles. The minimum atomic E-state index is -2.92. The van der Waals surface area contributed by atoms with Gasteiger partial charge in [0.1, 0.15) is 0 Å². The molecule has 1 atom stereocenters. The van der Waals surface area contributed by atoms with Crippen LogP contribution in [0.4, 0.5) is 0 Å². The van der Waals surface area contributed by atoms with Gasteiger partial charge in [0.05, 0.1) is 23.2 Å². The normalized spacial score (nSPS) is 25.1. The molecule has 114 valence electrons. The lowest BCUT2D eigenvalue weighted by molar-refractivity contribution is 0.317. The van der Waals surface area contributed by atoms with Crippen LogP contribution in [0.3, 0.4) is 0 Å². The Morgan fingerprint density at radius 2 is 2.20 bits per heavy atom. The maximum atomic E-state index is 11.8. The van der Waals surface area contributed by atoms with E-state index in [1.807, 2.05) is 17.8 Å². The van der Waals surface area contributed by atoms with Crippen molar-refractivity contribution in [3.63, 3.8) is 0 Å². The van der Waals surface area contributed by atoms with Crippen LogP contribution in [-0.4, -0.2) is 36.2 Å². The van der Waals surface area contributed by atoms with E-state index in [9.17, 15) is 8.42 Å². The second kappa shape index (κ2) is 5.85. The van der Waals surface area contributed by atoms with Crippen LogP contribution in [0.1, 0.15) is 44.9 Å². The van der Waals surface area contributed by atoms with Gasteiger partial charge < -0.3 is 5.32 Å². The molecular formula is C14H25N3O2S. The third-order valence-corrected chi connectivity index (χ3v) is 5.89. The summed E-state index contributed by atoms with van der Waals surface area (Å²) in [6, 6.07) is 0. The first kappa shape index (κ1) is 15.5. The van der Waals surface area contributed by atoms with Crippen LogP contribution in [0.25, 0.3) is 0 Å². The second-order valence-electron chi connectivity index (χ2n) is 5.90. The van der Waals surface area contributed by atoms with Gasteiger partial charge in [-0.25, -0.2) is 8.42 Å². The van der Waals surface area contributed by atoms with E-state index in [1.165, 1.54) is 11.3 Å². The first-order valence-electron chi connectivity index (χ1n) is 7.39. The number of nitrogens with zero attached hydrogens (tertiary/aromatic N) is 2. The number of hydrogen-bond acceptors (Lipinski definition) is 4. The molecule has 2 rings (SSSR count). The molecule has 0 spiro atoms. The van der Waals surface area contributed by atoms with Gasteiger partial charge in [0.25, 0.3) is 0 Å². The van der Waals surface area contributed by atoms with Crippen LogP contribution >= 0.6 is 0 Å². The fourth-order valence-corrected chi connectivity index (χ4v) is 5.05. The predicted molar refractivity (Wildman–Crippen MR) is 80.5 cm³/mol. The van der Waals surface area contributed by atoms with Crippen LogP contribution in [0.15, 0.2) is 6.20 Å². The fourth-order valence-electron chi connectivity index (χ4n) is 2.94. The number of rotatable bonds is 6. The monoisotopic (exact) mass is 299 g/mol. The molecule has 1 aliphatic rings. The fraction of sp³-hybridized carbons (Fsp3) is 0.786. The molecular weight excluding hydrogens is 274 g/mol. The van der Waals surface area contributed by atoms with Gasteiger partial charge in [0, 0.05) is 17.8 Å². The molecule has 6 heteroatoms. The summed E-state index contributed by atoms with van der Waals surface area (Å²) in [7, 11) is -2.92. The van der Waals surface area contributed by atoms with E-state index in [1.54, 1.807) is 0 Å². The zero-order valence-electron chi connectivity index (χ0n) is 12.6. The Morgan fingerprint density at radius 1 is 1.45 bits per heavy atom. The van der Waals surface area contributed by atoms with Crippen molar-refractivity contribution in [3.05, 3.63) is 17.5 Å². The van der Waals surface area contributed by atoms with E-state index in [0.717, 1.165) is 25.9 Å². The molecule has 1 unspecified atom stereocenters. The topological polar surface area (TPSA) is 64.0 Å². The van der Waals surface area contributed by atoms with Gasteiger partial charge >= 0.3 is 0 Å². The van der Waals surface area contributed by atoms with E-state index < -0.39 is 9.84 Å². The molecule has 1 saturated heterocycles. The Bertz CT molecular complexity index is 565. The van der Waals surface area contributed by atoms with Gasteiger partial charge in [0.2, 0.25) is 0 Å². The SMILES string of the molecule is CCCc1c(CNCC)cnn1C1(C)CCS(=O)(=O)C1. The molecule has 20 heavy (non-hydrogen) atoms. The molecule has 1 aromatic heterocycles. The van der Waals surface area contributed by atoms with Gasteiger partial charge in [0.15, 0.2) is 9.84 Å². The summed E-state index contributed by atoms with van der Waals surface area (Å²) < 4.78 is 25.6. The number of hydrogen-bond donors (Lipinski definition) is 1. The first-order chi connectivity index (χ1) is 9.42. The Hall–Kier alpha value is -0.880. The number of aromatic nitrogens is 2. The lowest BCUT2D eigenvalue weighted by Gasteiger charge is -2.26. The van der Waals surface area contributed by atoms with E-state index >= 15 is 0 Å². The summed E-state index contributed by atoms with van der Waals surface area (Å²) >= 11 is 0. The quantitative estimate of drug-likeness (QED) is 0.864. The van der Waals surface area contributed by atoms with Crippen molar-refractivity contribution in [2.24, 2.45) is 0 Å². The number of sulfone groups is 1. The summed E-state index contributed by atoms with van der Waals surface area (Å²) in [4.78, 5) is 0. The molecule has 1 aliphatic heterocycles. The smallest absolute Gasteiger partial charge is 0.152 e. The first-order valence-corrected chi connectivity index (χ1v) is 9.21. The maximum absolute atomic E-state index is 11.8. The average molecular weight is 299 g/mol. The zero-order valence-corrected chi connectivity index (χ0v) is 13.5. The minimum Gasteiger partial charge on any atom is -0.313 e. The summed E-state index contributed by atoms with van der Waals surface area (Å²) in [6.45, 7) is 7.95. The highest BCUT2D eigenvalue weighted by molar-refractivity contribution is 7.91. The highest BCUT2D eigenvalue weighted by Crippen LogP contribution is 2.32. The van der Waals surface area contributed by atoms with E-state index in [4.69, 9.17) is 0 Å². The molecule has 1 fully saturated rings. The highest BCUT2D eigenvalue weighted by Gasteiger charge is 2.41. The third-order valence-electron chi connectivity index (χ3n) is 4.00. The van der Waals surface area contributed by atoms with Crippen LogP contribution < -0.4 is 5.32 Å². The molecule has 0 aromatic carbocycles. The summed E-state index contributed by atoms with van der Waals surface area (Å²) in [5.41, 5.74) is 2.00. The van der Waals surface area contributed by atoms with Crippen molar-refractivity contribution >= 4 is 9.84 Å². The van der Waals surface area contributed by atoms with Crippen molar-refractivity contribution < 1.29 is 8.42 Å². The predicted octanol–water partition coefficient (Wildman–Crippen LogP) is 1.48. The maximum Gasteiger partial charge on any atom is 0.152 e. The second-order valence-corrected chi connectivity index (χ2v) is 8.08. The number of nitrogens with one attached hydrogen (secondary N) is 1. The van der Waals surface area contributed by atoms with Crippen molar-refractivity contribution in [1.29, 1.82) is 0 Å². The van der Waals surface area contributed by atoms with Crippen molar-refractivity contribution in [2.75, 3.05) is 18.1 Å². The molecule has 0 aliphatic carbocycles. The molecule has 0 amide bonds. The van der Waals surface area contributed by atoms with Gasteiger partial charge in [-0.3, -0.25) is 4.68 Å². The van der Waals surface area contributed by atoms with Crippen LogP contribution in [0, 0.1) is 0 Å². The summed E-state index contributed by atoms with van der Waals surface area (Å²) in [5, 5.41) is 7.84. The minimum absolute atomic E-state index is 0.207. The van der Waals surface area contributed by atoms with E-state index in [0.29, 0.717) is 6.42 Å². The Kier molecular flexibility index (Phi) is 4.54. The molecule has 0 radical (unpaired) electrons. The van der Waals surface area contributed by atoms with Crippen molar-refractivity contribution in [2.45, 2.75) is 52.1 Å².